The van der Waals surface area contributed by atoms with Gasteiger partial charge in [-0.25, -0.2) is 8.42 Å². The van der Waals surface area contributed by atoms with Gasteiger partial charge in [0.25, 0.3) is 11.6 Å². The van der Waals surface area contributed by atoms with Crippen LogP contribution < -0.4 is 0 Å². The number of rotatable bonds is 8. The Hall–Kier alpha value is -3.29. The van der Waals surface area contributed by atoms with Gasteiger partial charge in [0.05, 0.1) is 21.5 Å². The maximum absolute atomic E-state index is 13.2. The van der Waals surface area contributed by atoms with Gasteiger partial charge in [-0.15, -0.1) is 0 Å². The summed E-state index contributed by atoms with van der Waals surface area (Å²) in [5, 5.41) is 20.2. The minimum Gasteiger partial charge on any atom is -0.333 e. The zero-order valence-electron chi connectivity index (χ0n) is 16.9. The maximum atomic E-state index is 13.2. The van der Waals surface area contributed by atoms with Crippen LogP contribution >= 0.6 is 0 Å². The molecule has 0 unspecified atom stereocenters. The van der Waals surface area contributed by atoms with Gasteiger partial charge in [0.15, 0.2) is 9.84 Å². The third-order valence-electron chi connectivity index (χ3n) is 4.34. The molecule has 0 saturated carbocycles. The van der Waals surface area contributed by atoms with E-state index in [4.69, 9.17) is 5.26 Å². The number of nitriles is 1. The molecule has 0 spiro atoms. The van der Waals surface area contributed by atoms with Crippen LogP contribution in [0.5, 0.6) is 0 Å². The Morgan fingerprint density at radius 1 is 1.13 bits per heavy atom. The molecule has 0 bridgehead atoms. The Morgan fingerprint density at radius 3 is 2.27 bits per heavy atom. The first kappa shape index (κ1) is 23.0. The first-order chi connectivity index (χ1) is 14.0. The molecule has 0 aliphatic rings. The number of nitro groups is 1. The van der Waals surface area contributed by atoms with Gasteiger partial charge >= 0.3 is 0 Å². The van der Waals surface area contributed by atoms with Crippen LogP contribution in [0.2, 0.25) is 0 Å². The average molecular weight is 430 g/mol. The largest absolute Gasteiger partial charge is 0.333 e. The molecule has 0 aliphatic heterocycles. The van der Waals surface area contributed by atoms with Crippen molar-refractivity contribution in [2.24, 2.45) is 0 Å². The lowest BCUT2D eigenvalue weighted by Crippen LogP contribution is -2.36. The molecule has 158 valence electrons. The fourth-order valence-corrected chi connectivity index (χ4v) is 3.36. The van der Waals surface area contributed by atoms with Crippen molar-refractivity contribution in [3.05, 3.63) is 69.3 Å². The van der Waals surface area contributed by atoms with Crippen molar-refractivity contribution in [2.75, 3.05) is 33.4 Å². The predicted octanol–water partition coefficient (Wildman–Crippen LogP) is 2.07. The number of likely N-dealkylation sites (N-methyl/N-ethyl adjacent to an activating group) is 1. The fraction of sp³-hybridized carbons (Fsp3) is 0.300. The van der Waals surface area contributed by atoms with Crippen molar-refractivity contribution in [3.8, 4) is 6.07 Å². The monoisotopic (exact) mass is 430 g/mol. The quantitative estimate of drug-likeness (QED) is 0.464. The van der Waals surface area contributed by atoms with E-state index in [1.807, 2.05) is 25.1 Å². The molecule has 0 heterocycles. The van der Waals surface area contributed by atoms with E-state index in [2.05, 4.69) is 0 Å². The number of amides is 1. The summed E-state index contributed by atoms with van der Waals surface area (Å²) in [6.45, 7) is 1.06. The van der Waals surface area contributed by atoms with Gasteiger partial charge in [-0.3, -0.25) is 14.9 Å². The van der Waals surface area contributed by atoms with Crippen LogP contribution in [0.3, 0.4) is 0 Å². The zero-order chi connectivity index (χ0) is 22.5. The molecule has 0 radical (unpaired) electrons. The minimum absolute atomic E-state index is 0.0722. The smallest absolute Gasteiger partial charge is 0.271 e. The first-order valence-corrected chi connectivity index (χ1v) is 10.8. The second-order valence-electron chi connectivity index (χ2n) is 7.08. The van der Waals surface area contributed by atoms with Crippen LogP contribution in [0, 0.1) is 21.4 Å². The Bertz CT molecular complexity index is 1090. The standard InChI is InChI=1S/C20H22N4O5S/c1-22(2)8-9-23(14-16-6-4-15(13-21)5-7-16)20(25)17-10-18(24(26)27)12-19(11-17)30(3,28)29/h4-7,10-12H,8-9,14H2,1-3H3. The Balaban J connectivity index is 2.44. The van der Waals surface area contributed by atoms with Gasteiger partial charge in [-0.1, -0.05) is 12.1 Å². The topological polar surface area (TPSA) is 125 Å². The van der Waals surface area contributed by atoms with Crippen LogP contribution in [-0.2, 0) is 16.4 Å². The molecule has 1 amide bonds. The molecule has 0 aliphatic carbocycles. The van der Waals surface area contributed by atoms with E-state index < -0.39 is 26.4 Å². The molecule has 2 aromatic rings. The molecule has 0 N–H and O–H groups in total. The van der Waals surface area contributed by atoms with Crippen LogP contribution in [0.25, 0.3) is 0 Å². The summed E-state index contributed by atoms with van der Waals surface area (Å²) in [5.74, 6) is -0.519. The highest BCUT2D eigenvalue weighted by Crippen LogP contribution is 2.22. The summed E-state index contributed by atoms with van der Waals surface area (Å²) in [5.41, 5.74) is 0.723. The van der Waals surface area contributed by atoms with Crippen LogP contribution in [0.4, 0.5) is 5.69 Å². The lowest BCUT2D eigenvalue weighted by Gasteiger charge is -2.25. The number of hydrogen-bond acceptors (Lipinski definition) is 7. The average Bonchev–Trinajstić information content (AvgIpc) is 2.69. The third kappa shape index (κ3) is 6.10. The summed E-state index contributed by atoms with van der Waals surface area (Å²) < 4.78 is 23.9. The maximum Gasteiger partial charge on any atom is 0.271 e. The van der Waals surface area contributed by atoms with E-state index >= 15 is 0 Å². The molecule has 0 aromatic heterocycles. The number of carbonyl (C=O) groups is 1. The minimum atomic E-state index is -3.75. The lowest BCUT2D eigenvalue weighted by molar-refractivity contribution is -0.385. The molecule has 0 atom stereocenters. The van der Waals surface area contributed by atoms with Crippen molar-refractivity contribution < 1.29 is 18.1 Å². The van der Waals surface area contributed by atoms with E-state index in [9.17, 15) is 23.3 Å². The molecule has 0 saturated heterocycles. The van der Waals surface area contributed by atoms with Crippen molar-refractivity contribution in [3.63, 3.8) is 0 Å². The SMILES string of the molecule is CN(C)CCN(Cc1ccc(C#N)cc1)C(=O)c1cc([N+](=O)[O-])cc(S(C)(=O)=O)c1. The second kappa shape index (κ2) is 9.47. The second-order valence-corrected chi connectivity index (χ2v) is 9.10. The van der Waals surface area contributed by atoms with Gasteiger partial charge in [-0.05, 0) is 37.9 Å². The molecule has 0 fully saturated rings. The summed E-state index contributed by atoms with van der Waals surface area (Å²) in [4.78, 5) is 26.8. The lowest BCUT2D eigenvalue weighted by atomic mass is 10.1. The Kier molecular flexibility index (Phi) is 7.26. The number of nitrogens with zero attached hydrogens (tertiary/aromatic N) is 4. The molecule has 9 nitrogen and oxygen atoms in total. The van der Waals surface area contributed by atoms with E-state index in [1.165, 1.54) is 4.90 Å². The van der Waals surface area contributed by atoms with E-state index in [0.29, 0.717) is 18.7 Å². The highest BCUT2D eigenvalue weighted by Gasteiger charge is 2.23. The molecule has 2 aromatic carbocycles. The third-order valence-corrected chi connectivity index (χ3v) is 5.43. The number of nitro benzene ring substituents is 1. The highest BCUT2D eigenvalue weighted by molar-refractivity contribution is 7.90. The molecule has 10 heteroatoms. The van der Waals surface area contributed by atoms with Crippen molar-refractivity contribution >= 4 is 21.4 Å². The highest BCUT2D eigenvalue weighted by atomic mass is 32.2. The van der Waals surface area contributed by atoms with Crippen molar-refractivity contribution in [1.82, 2.24) is 9.80 Å². The number of sulfone groups is 1. The number of benzene rings is 2. The van der Waals surface area contributed by atoms with Gasteiger partial charge in [0.1, 0.15) is 0 Å². The van der Waals surface area contributed by atoms with Crippen LogP contribution in [-0.4, -0.2) is 62.5 Å². The van der Waals surface area contributed by atoms with Crippen molar-refractivity contribution in [1.29, 1.82) is 5.26 Å². The normalized spacial score (nSPS) is 11.2. The van der Waals surface area contributed by atoms with Gasteiger partial charge in [0.2, 0.25) is 0 Å². The van der Waals surface area contributed by atoms with E-state index in [1.54, 1.807) is 24.3 Å². The van der Waals surface area contributed by atoms with Crippen LogP contribution in [0.15, 0.2) is 47.4 Å². The van der Waals surface area contributed by atoms with E-state index in [-0.39, 0.29) is 17.0 Å². The fourth-order valence-electron chi connectivity index (χ4n) is 2.69. The number of hydrogen-bond donors (Lipinski definition) is 0. The van der Waals surface area contributed by atoms with Gasteiger partial charge < -0.3 is 9.80 Å². The first-order valence-electron chi connectivity index (χ1n) is 8.94. The molecule has 30 heavy (non-hydrogen) atoms. The van der Waals surface area contributed by atoms with Gasteiger partial charge in [-0.2, -0.15) is 5.26 Å². The molecular weight excluding hydrogens is 408 g/mol. The summed E-state index contributed by atoms with van der Waals surface area (Å²) >= 11 is 0. The predicted molar refractivity (Wildman–Crippen MR) is 111 cm³/mol. The number of non-ortho nitro benzene ring substituents is 1. The van der Waals surface area contributed by atoms with Crippen LogP contribution in [0.1, 0.15) is 21.5 Å². The van der Waals surface area contributed by atoms with Crippen molar-refractivity contribution in [2.45, 2.75) is 11.4 Å². The summed E-state index contributed by atoms with van der Waals surface area (Å²) in [6.07, 6.45) is 0.931. The Morgan fingerprint density at radius 2 is 1.77 bits per heavy atom. The molecular formula is C20H22N4O5S. The van der Waals surface area contributed by atoms with E-state index in [0.717, 1.165) is 30.0 Å². The zero-order valence-corrected chi connectivity index (χ0v) is 17.7. The Labute approximate surface area is 175 Å². The van der Waals surface area contributed by atoms with Gasteiger partial charge in [0, 0.05) is 43.6 Å². The summed E-state index contributed by atoms with van der Waals surface area (Å²) in [6, 6.07) is 11.9. The molecule has 2 rings (SSSR count). The number of carbonyl (C=O) groups excluding carboxylic acids is 1. The summed E-state index contributed by atoms with van der Waals surface area (Å²) in [7, 11) is -0.0535.